The summed E-state index contributed by atoms with van der Waals surface area (Å²) in [5, 5.41) is 16.0. The van der Waals surface area contributed by atoms with Gasteiger partial charge in [0.25, 0.3) is 0 Å². The molecule has 1 saturated heterocycles. The van der Waals surface area contributed by atoms with E-state index in [-0.39, 0.29) is 82.9 Å². The van der Waals surface area contributed by atoms with Crippen LogP contribution >= 0.6 is 11.3 Å². The third-order valence-corrected chi connectivity index (χ3v) is 12.6. The second-order valence-electron chi connectivity index (χ2n) is 17.2. The van der Waals surface area contributed by atoms with Crippen LogP contribution in [0.2, 0.25) is 0 Å². The summed E-state index contributed by atoms with van der Waals surface area (Å²) in [4.78, 5) is 122. The van der Waals surface area contributed by atoms with E-state index in [2.05, 4.69) is 41.6 Å². The van der Waals surface area contributed by atoms with Gasteiger partial charge in [0.15, 0.2) is 11.9 Å². The first kappa shape index (κ1) is 54.8. The number of guanidine groups is 2. The number of aromatic amines is 1. The summed E-state index contributed by atoms with van der Waals surface area (Å²) in [6, 6.07) is 8.41. The van der Waals surface area contributed by atoms with E-state index in [1.54, 1.807) is 18.3 Å². The number of halogens is 1. The quantitative estimate of drug-likeness (QED) is 0.0180. The van der Waals surface area contributed by atoms with Gasteiger partial charge in [0.2, 0.25) is 47.3 Å². The number of thiophene rings is 1. The number of likely N-dealkylation sites (tertiary alicyclic amines) is 1. The van der Waals surface area contributed by atoms with Crippen LogP contribution in [0, 0.1) is 5.82 Å². The minimum atomic E-state index is -1.49. The van der Waals surface area contributed by atoms with Gasteiger partial charge in [-0.15, -0.1) is 11.3 Å². The number of nitrogens with one attached hydrogen (secondary N) is 6. The maximum atomic E-state index is 14.7. The maximum Gasteiger partial charge on any atom is 0.245 e. The van der Waals surface area contributed by atoms with Crippen molar-refractivity contribution in [3.05, 3.63) is 94.1 Å². The molecule has 72 heavy (non-hydrogen) atoms. The zero-order valence-electron chi connectivity index (χ0n) is 39.4. The molecule has 386 valence electrons. The largest absolute Gasteiger partial charge is 0.370 e. The SMILES string of the molecule is NC(=O)CC(NC(=O)C(CCCN=C(N)N)NC(=O)C1CCCN1C(=O)C(CCCN=C(N)N)NC(=O)C(Cc1ccc(F)cc1)NC(=O)C(Cc1c[nH]c2ccccc12)NC(=O)Cc1cccs1)C(N)=O. The molecule has 0 radical (unpaired) electrons. The molecule has 6 unspecified atom stereocenters. The van der Waals surface area contributed by atoms with E-state index in [0.717, 1.165) is 15.8 Å². The van der Waals surface area contributed by atoms with Crippen molar-refractivity contribution in [1.29, 1.82) is 0 Å². The topological polar surface area (TPSA) is 397 Å². The number of nitrogens with zero attached hydrogens (tertiary/aromatic N) is 3. The summed E-state index contributed by atoms with van der Waals surface area (Å²) in [6.45, 7) is 0.188. The van der Waals surface area contributed by atoms with Gasteiger partial charge in [-0.3, -0.25) is 48.3 Å². The monoisotopic (exact) mass is 1020 g/mol. The predicted molar refractivity (Wildman–Crippen MR) is 267 cm³/mol. The highest BCUT2D eigenvalue weighted by atomic mass is 32.1. The lowest BCUT2D eigenvalue weighted by atomic mass is 10.0. The van der Waals surface area contributed by atoms with Crippen LogP contribution in [0.3, 0.4) is 0 Å². The number of aromatic nitrogens is 1. The molecule has 3 heterocycles. The molecule has 1 aliphatic rings. The van der Waals surface area contributed by atoms with Crippen LogP contribution in [0.15, 0.2) is 82.2 Å². The van der Waals surface area contributed by atoms with Crippen molar-refractivity contribution >= 4 is 81.4 Å². The molecule has 2 aromatic heterocycles. The predicted octanol–water partition coefficient (Wildman–Crippen LogP) is -1.72. The molecule has 0 aliphatic carbocycles. The molecule has 18 N–H and O–H groups in total. The van der Waals surface area contributed by atoms with Gasteiger partial charge in [-0.05, 0) is 79.3 Å². The maximum absolute atomic E-state index is 14.7. The van der Waals surface area contributed by atoms with Gasteiger partial charge in [-0.25, -0.2) is 4.39 Å². The lowest BCUT2D eigenvalue weighted by Crippen LogP contribution is -2.60. The number of H-pyrrole nitrogens is 1. The van der Waals surface area contributed by atoms with Crippen LogP contribution in [-0.4, -0.2) is 125 Å². The van der Waals surface area contributed by atoms with Crippen LogP contribution in [0.25, 0.3) is 10.9 Å². The molecule has 0 bridgehead atoms. The van der Waals surface area contributed by atoms with Gasteiger partial charge in [0.05, 0.1) is 12.8 Å². The summed E-state index contributed by atoms with van der Waals surface area (Å²) in [5.74, 6) is -7.21. The van der Waals surface area contributed by atoms with E-state index in [1.165, 1.54) is 40.5 Å². The van der Waals surface area contributed by atoms with Crippen molar-refractivity contribution in [1.82, 2.24) is 36.5 Å². The number of fused-ring (bicyclic) bond motifs is 1. The number of amides is 8. The van der Waals surface area contributed by atoms with Crippen LogP contribution in [-0.2, 0) is 57.6 Å². The number of primary amides is 2. The van der Waals surface area contributed by atoms with E-state index in [1.807, 2.05) is 29.6 Å². The molecule has 1 aliphatic heterocycles. The first-order valence-corrected chi connectivity index (χ1v) is 24.1. The zero-order valence-corrected chi connectivity index (χ0v) is 40.3. The third kappa shape index (κ3) is 16.8. The highest BCUT2D eigenvalue weighted by Gasteiger charge is 2.40. The summed E-state index contributed by atoms with van der Waals surface area (Å²) in [5.41, 5.74) is 34.6. The van der Waals surface area contributed by atoms with Crippen molar-refractivity contribution in [2.24, 2.45) is 44.4 Å². The van der Waals surface area contributed by atoms with Gasteiger partial charge >= 0.3 is 0 Å². The fourth-order valence-corrected chi connectivity index (χ4v) is 8.86. The van der Waals surface area contributed by atoms with Crippen molar-refractivity contribution in [2.75, 3.05) is 19.6 Å². The third-order valence-electron chi connectivity index (χ3n) is 11.7. The Bertz CT molecular complexity index is 2600. The number of aliphatic imine (C=N–C) groups is 2. The minimum Gasteiger partial charge on any atom is -0.370 e. The Balaban J connectivity index is 1.41. The Hall–Kier alpha value is -8.09. The molecule has 0 spiro atoms. The first-order chi connectivity index (χ1) is 34.4. The number of nitrogens with two attached hydrogens (primary N) is 6. The lowest BCUT2D eigenvalue weighted by molar-refractivity contribution is -0.142. The minimum absolute atomic E-state index is 0.00597. The number of carbonyl (C=O) groups excluding carboxylic acids is 8. The summed E-state index contributed by atoms with van der Waals surface area (Å²) < 4.78 is 14.1. The average Bonchev–Trinajstić information content (AvgIpc) is 4.13. The Morgan fingerprint density at radius 3 is 1.94 bits per heavy atom. The van der Waals surface area contributed by atoms with Gasteiger partial charge in [-0.2, -0.15) is 0 Å². The van der Waals surface area contributed by atoms with E-state index < -0.39 is 95.7 Å². The summed E-state index contributed by atoms with van der Waals surface area (Å²) in [7, 11) is 0. The molecule has 23 nitrogen and oxygen atoms in total. The molecule has 25 heteroatoms. The highest BCUT2D eigenvalue weighted by Crippen LogP contribution is 2.22. The Morgan fingerprint density at radius 2 is 1.32 bits per heavy atom. The molecule has 5 rings (SSSR count). The van der Waals surface area contributed by atoms with Crippen LogP contribution in [0.5, 0.6) is 0 Å². The van der Waals surface area contributed by atoms with Crippen molar-refractivity contribution in [3.8, 4) is 0 Å². The highest BCUT2D eigenvalue weighted by molar-refractivity contribution is 7.10. The Labute approximate surface area is 417 Å². The van der Waals surface area contributed by atoms with Crippen molar-refractivity contribution in [2.45, 2.75) is 100 Å². The molecular formula is C47H62FN15O8S. The van der Waals surface area contributed by atoms with Crippen molar-refractivity contribution < 1.29 is 42.7 Å². The summed E-state index contributed by atoms with van der Waals surface area (Å²) in [6.07, 6.45) is 1.72. The van der Waals surface area contributed by atoms with E-state index in [4.69, 9.17) is 34.4 Å². The smallest absolute Gasteiger partial charge is 0.245 e. The molecule has 1 fully saturated rings. The van der Waals surface area contributed by atoms with Gasteiger partial charge in [0, 0.05) is 54.5 Å². The van der Waals surface area contributed by atoms with E-state index >= 15 is 0 Å². The van der Waals surface area contributed by atoms with Crippen LogP contribution < -0.4 is 61.0 Å². The number of benzene rings is 2. The molecule has 4 aromatic rings. The number of hydrogen-bond donors (Lipinski definition) is 12. The van der Waals surface area contributed by atoms with Crippen LogP contribution in [0.1, 0.15) is 60.9 Å². The van der Waals surface area contributed by atoms with E-state index in [9.17, 15) is 42.7 Å². The average molecular weight is 1020 g/mol. The fraction of sp³-hybridized carbons (Fsp3) is 0.404. The Morgan fingerprint density at radius 1 is 0.708 bits per heavy atom. The second-order valence-corrected chi connectivity index (χ2v) is 18.2. The van der Waals surface area contributed by atoms with Gasteiger partial charge in [-0.1, -0.05) is 36.4 Å². The second kappa shape index (κ2) is 26.8. The van der Waals surface area contributed by atoms with Crippen LogP contribution in [0.4, 0.5) is 4.39 Å². The normalized spacial score (nSPS) is 15.2. The molecule has 0 saturated carbocycles. The zero-order chi connectivity index (χ0) is 52.3. The fourth-order valence-electron chi connectivity index (χ4n) is 8.16. The number of carbonyl (C=O) groups is 8. The molecule has 6 atom stereocenters. The standard InChI is InChI=1S/C47H62FN15O8S/c48-28-15-13-26(14-16-28)21-35(62-43(69)36(58-39(65)23-29-7-6-20-72-29)22-27-25-57-31-9-2-1-8-30(27)31)42(68)60-33(11-4-18-56-47(53)54)45(71)63-19-5-12-37(63)44(70)59-32(10-3-17-55-46(51)52)41(67)61-34(40(50)66)24-38(49)64/h1-2,6-9,13-16,20,25,32-37,57H,3-5,10-12,17-19,21-24H2,(H2,49,64)(H2,50,66)(H,58,65)(H,59,70)(H,60,68)(H,61,67)(H,62,69)(H4,51,52,55)(H4,53,54,56). The summed E-state index contributed by atoms with van der Waals surface area (Å²) >= 11 is 1.38. The first-order valence-electron chi connectivity index (χ1n) is 23.2. The number of para-hydroxylation sites is 1. The van der Waals surface area contributed by atoms with E-state index in [0.29, 0.717) is 17.5 Å². The van der Waals surface area contributed by atoms with Gasteiger partial charge < -0.3 is 70.9 Å². The lowest BCUT2D eigenvalue weighted by Gasteiger charge is -2.31. The number of rotatable bonds is 27. The van der Waals surface area contributed by atoms with Crippen molar-refractivity contribution in [3.63, 3.8) is 0 Å². The molecular weight excluding hydrogens is 954 g/mol. The van der Waals surface area contributed by atoms with Gasteiger partial charge in [0.1, 0.15) is 42.1 Å². The molecule has 2 aromatic carbocycles. The molecule has 8 amide bonds. The number of hydrogen-bond acceptors (Lipinski definition) is 11. The Kier molecular flexibility index (Phi) is 20.4.